The molecule has 62 heavy (non-hydrogen) atoms. The van der Waals surface area contributed by atoms with Crippen LogP contribution >= 0.6 is 0 Å². The molecule has 0 aromatic rings. The van der Waals surface area contributed by atoms with Gasteiger partial charge in [0.25, 0.3) is 0 Å². The van der Waals surface area contributed by atoms with E-state index in [1.807, 2.05) is 13.8 Å². The number of carbonyl (C=O) groups excluding carboxylic acids is 6. The van der Waals surface area contributed by atoms with Crippen molar-refractivity contribution in [2.24, 2.45) is 11.8 Å². The molecule has 6 rings (SSSR count). The zero-order chi connectivity index (χ0) is 44.3. The van der Waals surface area contributed by atoms with Gasteiger partial charge in [-0.05, 0) is 95.3 Å². The Balaban J connectivity index is 0.739. The quantitative estimate of drug-likeness (QED) is 0.0324. The Hall–Kier alpha value is -4.62. The van der Waals surface area contributed by atoms with Crippen LogP contribution in [0.4, 0.5) is 0 Å². The minimum absolute atomic E-state index is 0.0949. The number of epoxide rings is 2. The number of esters is 4. The van der Waals surface area contributed by atoms with Gasteiger partial charge in [-0.1, -0.05) is 70.3 Å². The van der Waals surface area contributed by atoms with Gasteiger partial charge in [0.2, 0.25) is 5.91 Å². The molecular formula is C49H65NO12. The average Bonchev–Trinajstić information content (AvgIpc) is 4.06. The predicted molar refractivity (Wildman–Crippen MR) is 229 cm³/mol. The van der Waals surface area contributed by atoms with Gasteiger partial charge in [-0.2, -0.15) is 0 Å². The Morgan fingerprint density at radius 1 is 0.677 bits per heavy atom. The molecule has 1 amide bonds. The van der Waals surface area contributed by atoms with Crippen LogP contribution in [0.1, 0.15) is 129 Å². The van der Waals surface area contributed by atoms with E-state index in [-0.39, 0.29) is 84.3 Å². The number of fused-ring (bicyclic) bond motifs is 6. The van der Waals surface area contributed by atoms with Crippen molar-refractivity contribution in [3.8, 4) is 0 Å². The van der Waals surface area contributed by atoms with E-state index in [9.17, 15) is 28.8 Å². The third-order valence-electron chi connectivity index (χ3n) is 13.4. The lowest BCUT2D eigenvalue weighted by molar-refractivity contribution is -0.140. The van der Waals surface area contributed by atoms with E-state index in [0.717, 1.165) is 101 Å². The fraction of sp³-hybridized carbons (Fsp3) is 0.633. The monoisotopic (exact) mass is 859 g/mol. The van der Waals surface area contributed by atoms with E-state index >= 15 is 0 Å². The van der Waals surface area contributed by atoms with Crippen molar-refractivity contribution in [1.82, 2.24) is 5.32 Å². The molecule has 4 heterocycles. The Morgan fingerprint density at radius 2 is 1.13 bits per heavy atom. The minimum Gasteiger partial charge on any atom is -0.458 e. The number of nitrogens with one attached hydrogen (secondary N) is 1. The summed E-state index contributed by atoms with van der Waals surface area (Å²) in [5.41, 5.74) is 2.22. The SMILES string of the molecule is C=C1C(=O)O[C@H]2[C@H]1CC/C(COC(=O)/C=C/C(=O)CCCCCCCCCCCNC(=O)/C=C/C(=O)OC/C1=C/CC[C@@]3(C)O[C@H]3[C@H]3OC(=O)C(=C)[C@@H]3CC1)=C\CC[C@@]1(C)O[C@@H]21. The molecule has 4 fully saturated rings. The second-order valence-corrected chi connectivity index (χ2v) is 18.2. The van der Waals surface area contributed by atoms with Crippen molar-refractivity contribution in [3.05, 3.63) is 71.9 Å². The van der Waals surface area contributed by atoms with Gasteiger partial charge < -0.3 is 33.7 Å². The van der Waals surface area contributed by atoms with E-state index < -0.39 is 11.9 Å². The van der Waals surface area contributed by atoms with Gasteiger partial charge in [-0.3, -0.25) is 9.59 Å². The van der Waals surface area contributed by atoms with Crippen LogP contribution in [-0.2, 0) is 57.2 Å². The first-order chi connectivity index (χ1) is 29.8. The lowest BCUT2D eigenvalue weighted by Gasteiger charge is -2.20. The maximum absolute atomic E-state index is 12.4. The highest BCUT2D eigenvalue weighted by Crippen LogP contribution is 2.51. The topological polar surface area (TPSA) is 176 Å². The van der Waals surface area contributed by atoms with Crippen LogP contribution in [-0.4, -0.2) is 90.9 Å². The van der Waals surface area contributed by atoms with Crippen molar-refractivity contribution < 1.29 is 57.2 Å². The Kier molecular flexibility index (Phi) is 16.4. The molecule has 0 spiro atoms. The number of ether oxygens (including phenoxy) is 6. The van der Waals surface area contributed by atoms with Gasteiger partial charge in [-0.15, -0.1) is 0 Å². The number of amides is 1. The summed E-state index contributed by atoms with van der Waals surface area (Å²) >= 11 is 0. The summed E-state index contributed by atoms with van der Waals surface area (Å²) in [6.45, 7) is 12.7. The highest BCUT2D eigenvalue weighted by atomic mass is 16.7. The van der Waals surface area contributed by atoms with Crippen molar-refractivity contribution in [1.29, 1.82) is 0 Å². The lowest BCUT2D eigenvalue weighted by atomic mass is 9.84. The van der Waals surface area contributed by atoms with E-state index in [2.05, 4.69) is 30.6 Å². The molecule has 13 nitrogen and oxygen atoms in total. The molecule has 0 saturated carbocycles. The number of hydrogen-bond acceptors (Lipinski definition) is 12. The number of hydrogen-bond donors (Lipinski definition) is 1. The first-order valence-electron chi connectivity index (χ1n) is 22.8. The zero-order valence-electron chi connectivity index (χ0n) is 36.6. The molecule has 0 aromatic carbocycles. The van der Waals surface area contributed by atoms with E-state index in [0.29, 0.717) is 49.8 Å². The molecule has 13 heteroatoms. The van der Waals surface area contributed by atoms with Crippen molar-refractivity contribution >= 4 is 35.6 Å². The van der Waals surface area contributed by atoms with Crippen molar-refractivity contribution in [2.75, 3.05) is 19.8 Å². The van der Waals surface area contributed by atoms with Crippen LogP contribution in [0.3, 0.4) is 0 Å². The van der Waals surface area contributed by atoms with Crippen LogP contribution in [0.15, 0.2) is 71.9 Å². The third-order valence-corrected chi connectivity index (χ3v) is 13.4. The first kappa shape index (κ1) is 46.9. The summed E-state index contributed by atoms with van der Waals surface area (Å²) < 4.78 is 34.0. The second kappa shape index (κ2) is 21.6. The Morgan fingerprint density at radius 3 is 1.63 bits per heavy atom. The Bertz CT molecular complexity index is 1730. The maximum atomic E-state index is 12.4. The van der Waals surface area contributed by atoms with Gasteiger partial charge in [0.15, 0.2) is 5.78 Å². The average molecular weight is 860 g/mol. The van der Waals surface area contributed by atoms with Crippen LogP contribution in [0, 0.1) is 11.8 Å². The summed E-state index contributed by atoms with van der Waals surface area (Å²) in [4.78, 5) is 73.7. The molecule has 338 valence electrons. The number of rotatable bonds is 20. The van der Waals surface area contributed by atoms with Gasteiger partial charge >= 0.3 is 23.9 Å². The van der Waals surface area contributed by atoms with Crippen LogP contribution in [0.2, 0.25) is 0 Å². The molecule has 0 radical (unpaired) electrons. The van der Waals surface area contributed by atoms with Crippen LogP contribution < -0.4 is 5.32 Å². The number of carbonyl (C=O) groups is 6. The fourth-order valence-corrected chi connectivity index (χ4v) is 9.25. The van der Waals surface area contributed by atoms with Gasteiger partial charge in [0.05, 0.1) is 11.2 Å². The predicted octanol–water partition coefficient (Wildman–Crippen LogP) is 7.28. The van der Waals surface area contributed by atoms with Crippen molar-refractivity contribution in [2.45, 2.75) is 165 Å². The smallest absolute Gasteiger partial charge is 0.334 e. The van der Waals surface area contributed by atoms with Gasteiger partial charge in [0.1, 0.15) is 37.6 Å². The third kappa shape index (κ3) is 13.0. The lowest BCUT2D eigenvalue weighted by Crippen LogP contribution is -2.29. The summed E-state index contributed by atoms with van der Waals surface area (Å²) in [5.74, 6) is -2.55. The zero-order valence-corrected chi connectivity index (χ0v) is 36.6. The number of allylic oxidation sites excluding steroid dienone is 3. The van der Waals surface area contributed by atoms with Gasteiger partial charge in [-0.25, -0.2) is 19.2 Å². The minimum atomic E-state index is -0.589. The van der Waals surface area contributed by atoms with Crippen LogP contribution in [0.5, 0.6) is 0 Å². The fourth-order valence-electron chi connectivity index (χ4n) is 9.25. The Labute approximate surface area is 365 Å². The molecule has 6 aliphatic rings. The van der Waals surface area contributed by atoms with Gasteiger partial charge in [0, 0.05) is 54.2 Å². The molecule has 4 saturated heterocycles. The summed E-state index contributed by atoms with van der Waals surface area (Å²) in [7, 11) is 0. The first-order valence-corrected chi connectivity index (χ1v) is 22.8. The van der Waals surface area contributed by atoms with E-state index in [1.54, 1.807) is 0 Å². The molecular weight excluding hydrogens is 795 g/mol. The molecule has 4 aliphatic heterocycles. The van der Waals surface area contributed by atoms with Crippen molar-refractivity contribution in [3.63, 3.8) is 0 Å². The molecule has 0 bridgehead atoms. The standard InChI is InChI=1S/C49H65NO12/c1-32-37-22-19-34(16-14-27-48(3)44(61-48)42(37)59-46(32)55)30-57-40(53)25-21-36(51)18-12-10-8-6-5-7-9-11-13-29-50-39(52)24-26-41(54)58-31-35-17-15-28-49(4)45(62-49)43-38(23-20-35)33(2)47(56)60-43/h16-17,21,24-26,37-38,42-45H,1-2,5-15,18-20,22-23,27-31H2,3-4H3,(H,50,52)/b25-21+,26-24+,34-16+,35-17+/t37-,38-,42-,43-,44-,45-,48+,49+/m0/s1. The number of ketones is 1. The summed E-state index contributed by atoms with van der Waals surface area (Å²) in [6, 6.07) is 0. The van der Waals surface area contributed by atoms with E-state index in [4.69, 9.17) is 28.4 Å². The highest BCUT2D eigenvalue weighted by molar-refractivity contribution is 5.96. The maximum Gasteiger partial charge on any atom is 0.334 e. The normalized spacial score (nSPS) is 32.2. The van der Waals surface area contributed by atoms with Crippen LogP contribution in [0.25, 0.3) is 0 Å². The molecule has 0 unspecified atom stereocenters. The largest absolute Gasteiger partial charge is 0.458 e. The highest BCUT2D eigenvalue weighted by Gasteiger charge is 2.62. The molecule has 2 aliphatic carbocycles. The summed E-state index contributed by atoms with van der Waals surface area (Å²) in [5, 5.41) is 2.82. The number of unbranched alkanes of at least 4 members (excludes halogenated alkanes) is 8. The van der Waals surface area contributed by atoms with E-state index in [1.165, 1.54) is 18.2 Å². The molecule has 8 atom stereocenters. The molecule has 1 N–H and O–H groups in total. The molecule has 0 aromatic heterocycles. The summed E-state index contributed by atoms with van der Waals surface area (Å²) in [6.07, 6.45) is 23.2. The second-order valence-electron chi connectivity index (χ2n) is 18.2.